The van der Waals surface area contributed by atoms with Crippen LogP contribution in [-0.4, -0.2) is 29.2 Å². The number of rotatable bonds is 19. The van der Waals surface area contributed by atoms with Gasteiger partial charge in [0.1, 0.15) is 17.2 Å². The Morgan fingerprint density at radius 2 is 1.48 bits per heavy atom. The van der Waals surface area contributed by atoms with Gasteiger partial charge in [-0.3, -0.25) is 9.97 Å². The summed E-state index contributed by atoms with van der Waals surface area (Å²) in [4.78, 5) is 21.5. The van der Waals surface area contributed by atoms with E-state index in [1.165, 1.54) is 57.8 Å². The van der Waals surface area contributed by atoms with Crippen LogP contribution in [0.4, 0.5) is 0 Å². The van der Waals surface area contributed by atoms with Crippen molar-refractivity contribution in [3.05, 3.63) is 66.6 Å². The van der Waals surface area contributed by atoms with Crippen molar-refractivity contribution in [1.82, 2.24) is 9.97 Å². The molecule has 0 amide bonds. The summed E-state index contributed by atoms with van der Waals surface area (Å²) in [6, 6.07) is 12.5. The van der Waals surface area contributed by atoms with Gasteiger partial charge in [-0.1, -0.05) is 85.0 Å². The Labute approximate surface area is 240 Å². The molecular formula is C34H46N2O4. The molecule has 1 aromatic heterocycles. The fraction of sp³-hybridized carbons (Fsp3) is 0.500. The van der Waals surface area contributed by atoms with E-state index in [9.17, 15) is 4.79 Å². The summed E-state index contributed by atoms with van der Waals surface area (Å²) in [5.41, 5.74) is 1.71. The summed E-state index contributed by atoms with van der Waals surface area (Å²) in [6.45, 7) is 7.85. The lowest BCUT2D eigenvalue weighted by Crippen LogP contribution is -2.10. The lowest BCUT2D eigenvalue weighted by molar-refractivity contribution is 0.0735. The number of hydrogen-bond acceptors (Lipinski definition) is 6. The highest BCUT2D eigenvalue weighted by molar-refractivity contribution is 5.92. The Kier molecular flexibility index (Phi) is 14.0. The van der Waals surface area contributed by atoms with E-state index in [4.69, 9.17) is 14.2 Å². The predicted molar refractivity (Wildman–Crippen MR) is 161 cm³/mol. The maximum absolute atomic E-state index is 13.0. The van der Waals surface area contributed by atoms with E-state index in [2.05, 4.69) is 30.7 Å². The molecule has 40 heavy (non-hydrogen) atoms. The largest absolute Gasteiger partial charge is 0.494 e. The highest BCUT2D eigenvalue weighted by atomic mass is 16.5. The quantitative estimate of drug-likeness (QED) is 0.0848. The topological polar surface area (TPSA) is 70.5 Å². The Hall–Kier alpha value is -3.41. The van der Waals surface area contributed by atoms with Gasteiger partial charge >= 0.3 is 5.97 Å². The van der Waals surface area contributed by atoms with Crippen LogP contribution < -0.4 is 14.2 Å². The van der Waals surface area contributed by atoms with Crippen molar-refractivity contribution in [3.63, 3.8) is 0 Å². The van der Waals surface area contributed by atoms with Crippen molar-refractivity contribution in [2.75, 3.05) is 13.2 Å². The fourth-order valence-corrected chi connectivity index (χ4v) is 4.31. The Bertz CT molecular complexity index is 1120. The van der Waals surface area contributed by atoms with Gasteiger partial charge in [-0.25, -0.2) is 4.79 Å². The SMILES string of the molecule is CCCCCCCCCCCCOc1ccc(C(=O)Oc2ccc(OCC(C)CC)cc2-c2cnccn2)cc1. The van der Waals surface area contributed by atoms with Gasteiger partial charge in [-0.15, -0.1) is 0 Å². The second kappa shape index (κ2) is 18.0. The number of benzene rings is 2. The molecule has 0 aliphatic heterocycles. The van der Waals surface area contributed by atoms with E-state index < -0.39 is 5.97 Å². The molecule has 0 bridgehead atoms. The molecule has 0 aliphatic rings. The van der Waals surface area contributed by atoms with Crippen LogP contribution in [0.3, 0.4) is 0 Å². The van der Waals surface area contributed by atoms with Crippen LogP contribution >= 0.6 is 0 Å². The van der Waals surface area contributed by atoms with Crippen molar-refractivity contribution in [2.45, 2.75) is 91.4 Å². The van der Waals surface area contributed by atoms with Crippen LogP contribution in [0, 0.1) is 5.92 Å². The lowest BCUT2D eigenvalue weighted by atomic mass is 10.1. The predicted octanol–water partition coefficient (Wildman–Crippen LogP) is 9.09. The van der Waals surface area contributed by atoms with Gasteiger partial charge in [0.15, 0.2) is 0 Å². The maximum Gasteiger partial charge on any atom is 0.343 e. The highest BCUT2D eigenvalue weighted by Gasteiger charge is 2.16. The Balaban J connectivity index is 1.48. The normalized spacial score (nSPS) is 11.7. The third-order valence-electron chi connectivity index (χ3n) is 7.08. The average Bonchev–Trinajstić information content (AvgIpc) is 2.99. The van der Waals surface area contributed by atoms with E-state index in [1.54, 1.807) is 36.8 Å². The summed E-state index contributed by atoms with van der Waals surface area (Å²) in [7, 11) is 0. The third kappa shape index (κ3) is 11.0. The fourth-order valence-electron chi connectivity index (χ4n) is 4.31. The number of carbonyl (C=O) groups excluding carboxylic acids is 1. The maximum atomic E-state index is 13.0. The summed E-state index contributed by atoms with van der Waals surface area (Å²) in [5.74, 6) is 1.86. The molecule has 0 aliphatic carbocycles. The molecular weight excluding hydrogens is 500 g/mol. The van der Waals surface area contributed by atoms with Crippen molar-refractivity contribution in [3.8, 4) is 28.5 Å². The van der Waals surface area contributed by atoms with Crippen molar-refractivity contribution >= 4 is 5.97 Å². The minimum Gasteiger partial charge on any atom is -0.494 e. The molecule has 1 unspecified atom stereocenters. The molecule has 3 aromatic rings. The summed E-state index contributed by atoms with van der Waals surface area (Å²) in [5, 5.41) is 0. The van der Waals surface area contributed by atoms with E-state index in [0.29, 0.717) is 47.5 Å². The van der Waals surface area contributed by atoms with Crippen LogP contribution in [0.25, 0.3) is 11.3 Å². The molecule has 6 nitrogen and oxygen atoms in total. The first kappa shape index (κ1) is 31.1. The molecule has 0 spiro atoms. The van der Waals surface area contributed by atoms with E-state index in [1.807, 2.05) is 24.3 Å². The smallest absolute Gasteiger partial charge is 0.343 e. The summed E-state index contributed by atoms with van der Waals surface area (Å²) < 4.78 is 17.6. The average molecular weight is 547 g/mol. The molecule has 216 valence electrons. The second-order valence-electron chi connectivity index (χ2n) is 10.5. The first-order chi connectivity index (χ1) is 19.6. The number of nitrogens with zero attached hydrogens (tertiary/aromatic N) is 2. The number of carbonyl (C=O) groups is 1. The van der Waals surface area contributed by atoms with Gasteiger partial charge in [0.05, 0.1) is 30.7 Å². The minimum atomic E-state index is -0.445. The monoisotopic (exact) mass is 546 g/mol. The van der Waals surface area contributed by atoms with E-state index in [0.717, 1.165) is 18.6 Å². The van der Waals surface area contributed by atoms with Crippen LogP contribution in [-0.2, 0) is 0 Å². The van der Waals surface area contributed by atoms with Crippen LogP contribution in [0.15, 0.2) is 61.1 Å². The lowest BCUT2D eigenvalue weighted by Gasteiger charge is -2.14. The Morgan fingerprint density at radius 1 is 0.800 bits per heavy atom. The molecule has 1 atom stereocenters. The number of aromatic nitrogens is 2. The van der Waals surface area contributed by atoms with Crippen molar-refractivity contribution < 1.29 is 19.0 Å². The number of ether oxygens (including phenoxy) is 3. The zero-order valence-electron chi connectivity index (χ0n) is 24.6. The van der Waals surface area contributed by atoms with Crippen LogP contribution in [0.1, 0.15) is 102 Å². The second-order valence-corrected chi connectivity index (χ2v) is 10.5. The first-order valence-electron chi connectivity index (χ1n) is 15.1. The van der Waals surface area contributed by atoms with Crippen LogP contribution in [0.2, 0.25) is 0 Å². The number of hydrogen-bond donors (Lipinski definition) is 0. The zero-order valence-corrected chi connectivity index (χ0v) is 24.6. The minimum absolute atomic E-state index is 0.405. The summed E-state index contributed by atoms with van der Waals surface area (Å²) in [6.07, 6.45) is 18.9. The molecule has 0 radical (unpaired) electrons. The Morgan fingerprint density at radius 3 is 2.12 bits per heavy atom. The van der Waals surface area contributed by atoms with Crippen molar-refractivity contribution in [2.24, 2.45) is 5.92 Å². The van der Waals surface area contributed by atoms with Gasteiger partial charge in [0.25, 0.3) is 0 Å². The molecule has 0 saturated heterocycles. The van der Waals surface area contributed by atoms with Gasteiger partial charge in [-0.05, 0) is 54.8 Å². The molecule has 2 aromatic carbocycles. The summed E-state index contributed by atoms with van der Waals surface area (Å²) >= 11 is 0. The first-order valence-corrected chi connectivity index (χ1v) is 15.1. The molecule has 3 rings (SSSR count). The van der Waals surface area contributed by atoms with Gasteiger partial charge in [-0.2, -0.15) is 0 Å². The van der Waals surface area contributed by atoms with Gasteiger partial charge in [0, 0.05) is 18.0 Å². The third-order valence-corrected chi connectivity index (χ3v) is 7.08. The number of unbranched alkanes of at least 4 members (excludes halogenated alkanes) is 9. The van der Waals surface area contributed by atoms with Gasteiger partial charge < -0.3 is 14.2 Å². The molecule has 0 N–H and O–H groups in total. The van der Waals surface area contributed by atoms with E-state index >= 15 is 0 Å². The van der Waals surface area contributed by atoms with Gasteiger partial charge in [0.2, 0.25) is 0 Å². The molecule has 1 heterocycles. The molecule has 6 heteroatoms. The zero-order chi connectivity index (χ0) is 28.4. The highest BCUT2D eigenvalue weighted by Crippen LogP contribution is 2.33. The van der Waals surface area contributed by atoms with Crippen molar-refractivity contribution in [1.29, 1.82) is 0 Å². The van der Waals surface area contributed by atoms with Crippen LogP contribution in [0.5, 0.6) is 17.2 Å². The molecule has 0 saturated carbocycles. The van der Waals surface area contributed by atoms with E-state index in [-0.39, 0.29) is 0 Å². The number of esters is 1. The molecule has 0 fully saturated rings. The standard InChI is InChI=1S/C34H46N2O4/c1-4-6-7-8-9-10-11-12-13-14-23-38-29-17-15-28(16-18-29)34(37)40-33-20-19-30(39-26-27(3)5-2)24-31(33)32-25-35-21-22-36-32/h15-22,24-25,27H,4-14,23,26H2,1-3H3.